The molecule has 0 aliphatic carbocycles. The van der Waals surface area contributed by atoms with Crippen LogP contribution in [0.15, 0.2) is 48.5 Å². The van der Waals surface area contributed by atoms with Gasteiger partial charge in [-0.3, -0.25) is 4.90 Å². The Morgan fingerprint density at radius 2 is 1.44 bits per heavy atom. The molecule has 144 valence electrons. The second-order valence-electron chi connectivity index (χ2n) is 8.65. The molecule has 1 atom stereocenters. The van der Waals surface area contributed by atoms with E-state index in [0.29, 0.717) is 23.9 Å². The Balaban J connectivity index is 1.94. The van der Waals surface area contributed by atoms with E-state index in [-0.39, 0.29) is 0 Å². The van der Waals surface area contributed by atoms with Gasteiger partial charge in [-0.15, -0.1) is 0 Å². The molecule has 0 aromatic heterocycles. The summed E-state index contributed by atoms with van der Waals surface area (Å²) in [6.45, 7) is 18.4. The van der Waals surface area contributed by atoms with Gasteiger partial charge in [-0.05, 0) is 48.8 Å². The summed E-state index contributed by atoms with van der Waals surface area (Å²) in [4.78, 5) is 4.83. The van der Waals surface area contributed by atoms with Gasteiger partial charge < -0.3 is 4.90 Å². The lowest BCUT2D eigenvalue weighted by Gasteiger charge is -2.28. The number of benzene rings is 2. The normalized spacial score (nSPS) is 18.3. The smallest absolute Gasteiger partial charge is 0.178 e. The molecule has 1 fully saturated rings. The Bertz CT molecular complexity index is 707. The fraction of sp³-hybridized carbons (Fsp3) is 0.480. The average molecular weight is 363 g/mol. The van der Waals surface area contributed by atoms with Gasteiger partial charge in [-0.2, -0.15) is 0 Å². The minimum absolute atomic E-state index is 0.442. The number of para-hydroxylation sites is 1. The zero-order chi connectivity index (χ0) is 19.6. The summed E-state index contributed by atoms with van der Waals surface area (Å²) in [5, 5.41) is 0. The molecule has 0 spiro atoms. The van der Waals surface area contributed by atoms with Crippen molar-refractivity contribution in [1.29, 1.82) is 0 Å². The van der Waals surface area contributed by atoms with Crippen LogP contribution in [-0.2, 0) is 6.42 Å². The summed E-state index contributed by atoms with van der Waals surface area (Å²) < 4.78 is 0. The molecule has 2 heteroatoms. The first-order chi connectivity index (χ1) is 12.9. The van der Waals surface area contributed by atoms with Crippen LogP contribution in [0.25, 0.3) is 0 Å². The third-order valence-electron chi connectivity index (χ3n) is 5.51. The molecule has 0 bridgehead atoms. The molecule has 2 aromatic carbocycles. The zero-order valence-corrected chi connectivity index (χ0v) is 17.7. The van der Waals surface area contributed by atoms with Crippen molar-refractivity contribution in [3.05, 3.63) is 71.9 Å². The molecule has 27 heavy (non-hydrogen) atoms. The maximum absolute atomic E-state index is 3.73. The van der Waals surface area contributed by atoms with Crippen molar-refractivity contribution in [1.82, 2.24) is 4.90 Å². The summed E-state index contributed by atoms with van der Waals surface area (Å²) in [5.41, 5.74) is 5.64. The maximum Gasteiger partial charge on any atom is 0.178 e. The Labute approximate surface area is 166 Å². The lowest BCUT2D eigenvalue weighted by Crippen LogP contribution is -2.36. The lowest BCUT2D eigenvalue weighted by molar-refractivity contribution is 0.241. The van der Waals surface area contributed by atoms with E-state index in [9.17, 15) is 0 Å². The average Bonchev–Trinajstić information content (AvgIpc) is 3.05. The highest BCUT2D eigenvalue weighted by molar-refractivity contribution is 5.64. The third kappa shape index (κ3) is 4.38. The van der Waals surface area contributed by atoms with Gasteiger partial charge in [0, 0.05) is 24.3 Å². The quantitative estimate of drug-likeness (QED) is 0.615. The van der Waals surface area contributed by atoms with Crippen molar-refractivity contribution < 1.29 is 0 Å². The zero-order valence-electron chi connectivity index (χ0n) is 17.7. The fourth-order valence-electron chi connectivity index (χ4n) is 4.11. The highest BCUT2D eigenvalue weighted by Crippen LogP contribution is 2.39. The van der Waals surface area contributed by atoms with E-state index in [2.05, 4.69) is 107 Å². The van der Waals surface area contributed by atoms with Gasteiger partial charge in [0.1, 0.15) is 0 Å². The summed E-state index contributed by atoms with van der Waals surface area (Å²) >= 11 is 0. The van der Waals surface area contributed by atoms with Crippen LogP contribution in [0.2, 0.25) is 0 Å². The Hall–Kier alpha value is -1.80. The molecule has 1 saturated heterocycles. The van der Waals surface area contributed by atoms with E-state index in [0.717, 1.165) is 13.0 Å². The van der Waals surface area contributed by atoms with Gasteiger partial charge >= 0.3 is 0 Å². The lowest BCUT2D eigenvalue weighted by atomic mass is 9.92. The van der Waals surface area contributed by atoms with E-state index in [1.165, 1.54) is 22.4 Å². The number of hydrogen-bond donors (Lipinski definition) is 0. The predicted molar refractivity (Wildman–Crippen MR) is 116 cm³/mol. The van der Waals surface area contributed by atoms with Crippen molar-refractivity contribution in [2.45, 2.75) is 71.9 Å². The molecule has 2 nitrogen and oxygen atoms in total. The molecule has 0 N–H and O–H groups in total. The first kappa shape index (κ1) is 19.9. The first-order valence-corrected chi connectivity index (χ1v) is 10.4. The molecule has 3 rings (SSSR count). The van der Waals surface area contributed by atoms with Gasteiger partial charge in [0.2, 0.25) is 0 Å². The number of nitrogens with zero attached hydrogens (tertiary/aromatic N) is 2. The first-order valence-electron chi connectivity index (χ1n) is 10.4. The van der Waals surface area contributed by atoms with E-state index in [1.807, 2.05) is 0 Å². The minimum Gasteiger partial charge on any atom is -0.344 e. The van der Waals surface area contributed by atoms with Crippen LogP contribution in [0.3, 0.4) is 0 Å². The van der Waals surface area contributed by atoms with Crippen molar-refractivity contribution in [2.75, 3.05) is 11.4 Å². The highest BCUT2D eigenvalue weighted by atomic mass is 15.4. The Morgan fingerprint density at radius 3 is 1.96 bits per heavy atom. The van der Waals surface area contributed by atoms with Crippen molar-refractivity contribution >= 4 is 5.69 Å². The third-order valence-corrected chi connectivity index (χ3v) is 5.51. The molecule has 1 aliphatic rings. The monoisotopic (exact) mass is 362 g/mol. The molecule has 2 radical (unpaired) electrons. The molecule has 0 unspecified atom stereocenters. The maximum atomic E-state index is 3.73. The number of anilines is 1. The van der Waals surface area contributed by atoms with Crippen LogP contribution in [0, 0.1) is 6.67 Å². The standard InChI is InChI=1S/C25H34N2/c1-18(2)23-13-10-14-24(19(3)4)25(23)26-16-22(27(17-26)20(5)6)15-21-11-8-7-9-12-21/h7-14,18-20,22H,15-16H2,1-6H3/t22-/m0/s1. The minimum atomic E-state index is 0.442. The Morgan fingerprint density at radius 1 is 0.852 bits per heavy atom. The predicted octanol–water partition coefficient (Wildman–Crippen LogP) is 6.07. The number of hydrogen-bond acceptors (Lipinski definition) is 2. The van der Waals surface area contributed by atoms with Crippen LogP contribution in [-0.4, -0.2) is 23.5 Å². The van der Waals surface area contributed by atoms with Crippen LogP contribution >= 0.6 is 0 Å². The van der Waals surface area contributed by atoms with Crippen molar-refractivity contribution in [2.24, 2.45) is 0 Å². The van der Waals surface area contributed by atoms with Crippen molar-refractivity contribution in [3.63, 3.8) is 0 Å². The molecular weight excluding hydrogens is 328 g/mol. The van der Waals surface area contributed by atoms with Crippen molar-refractivity contribution in [3.8, 4) is 0 Å². The molecule has 0 saturated carbocycles. The van der Waals surface area contributed by atoms with Crippen LogP contribution in [0.1, 0.15) is 70.1 Å². The van der Waals surface area contributed by atoms with Gasteiger partial charge in [-0.1, -0.05) is 76.2 Å². The van der Waals surface area contributed by atoms with Gasteiger partial charge in [0.05, 0.1) is 0 Å². The largest absolute Gasteiger partial charge is 0.344 e. The SMILES string of the molecule is CC(C)c1cccc(C(C)C)c1N1[C]N(C(C)C)[C@@H](Cc2ccccc2)C1. The summed E-state index contributed by atoms with van der Waals surface area (Å²) in [7, 11) is 0. The van der Waals surface area contributed by atoms with Crippen LogP contribution in [0.4, 0.5) is 5.69 Å². The topological polar surface area (TPSA) is 6.48 Å². The second kappa shape index (κ2) is 8.48. The van der Waals surface area contributed by atoms with E-state index in [1.54, 1.807) is 0 Å². The molecular formula is C25H34N2. The van der Waals surface area contributed by atoms with E-state index in [4.69, 9.17) is 0 Å². The summed E-state index contributed by atoms with van der Waals surface area (Å²) in [5.74, 6) is 1.00. The molecule has 1 heterocycles. The van der Waals surface area contributed by atoms with E-state index < -0.39 is 0 Å². The highest BCUT2D eigenvalue weighted by Gasteiger charge is 2.35. The fourth-order valence-corrected chi connectivity index (χ4v) is 4.11. The molecule has 0 amide bonds. The molecule has 2 aromatic rings. The molecule has 1 aliphatic heterocycles. The van der Waals surface area contributed by atoms with Gasteiger partial charge in [0.25, 0.3) is 0 Å². The van der Waals surface area contributed by atoms with Gasteiger partial charge in [-0.25, -0.2) is 0 Å². The van der Waals surface area contributed by atoms with Crippen LogP contribution in [0.5, 0.6) is 0 Å². The summed E-state index contributed by atoms with van der Waals surface area (Å²) in [6, 6.07) is 18.5. The van der Waals surface area contributed by atoms with Gasteiger partial charge in [0.15, 0.2) is 6.67 Å². The Kier molecular flexibility index (Phi) is 6.26. The van der Waals surface area contributed by atoms with Crippen LogP contribution < -0.4 is 4.90 Å². The second-order valence-corrected chi connectivity index (χ2v) is 8.65. The summed E-state index contributed by atoms with van der Waals surface area (Å²) in [6.07, 6.45) is 1.06. The van der Waals surface area contributed by atoms with E-state index >= 15 is 0 Å². The number of rotatable bonds is 6.